The average Bonchev–Trinajstić information content (AvgIpc) is 2.43. The second kappa shape index (κ2) is 5.78. The van der Waals surface area contributed by atoms with Crippen LogP contribution in [0.2, 0.25) is 0 Å². The Kier molecular flexibility index (Phi) is 4.08. The van der Waals surface area contributed by atoms with Crippen molar-refractivity contribution in [1.29, 1.82) is 5.26 Å². The lowest BCUT2D eigenvalue weighted by atomic mass is 9.97. The number of anilines is 1. The molecule has 0 N–H and O–H groups in total. The topological polar surface area (TPSA) is 88.2 Å². The maximum absolute atomic E-state index is 12.1. The number of carbonyl (C=O) groups excluding carboxylic acids is 1. The van der Waals surface area contributed by atoms with Crippen molar-refractivity contribution < 1.29 is 9.53 Å². The maximum Gasteiger partial charge on any atom is 0.324 e. The van der Waals surface area contributed by atoms with Crippen LogP contribution in [0.5, 0.6) is 0 Å². The van der Waals surface area contributed by atoms with Crippen LogP contribution in [0.1, 0.15) is 12.8 Å². The predicted octanol–water partition coefficient (Wildman–Crippen LogP) is -1.72. The minimum Gasteiger partial charge on any atom is -0.352 e. The molecule has 0 aromatic carbocycles. The van der Waals surface area contributed by atoms with E-state index >= 15 is 0 Å². The molecule has 1 aromatic rings. The molecule has 1 fully saturated rings. The zero-order valence-corrected chi connectivity index (χ0v) is 11.5. The number of carbonyl (C=O) groups is 1. The lowest BCUT2D eigenvalue weighted by molar-refractivity contribution is -0.142. The van der Waals surface area contributed by atoms with E-state index in [4.69, 9.17) is 5.26 Å². The van der Waals surface area contributed by atoms with Crippen LogP contribution >= 0.6 is 0 Å². The average molecular weight is 274 g/mol. The Labute approximate surface area is 117 Å². The summed E-state index contributed by atoms with van der Waals surface area (Å²) in [6.45, 7) is 1.10. The third-order valence-electron chi connectivity index (χ3n) is 3.45. The van der Waals surface area contributed by atoms with E-state index in [1.165, 1.54) is 10.8 Å². The van der Waals surface area contributed by atoms with Crippen LogP contribution in [0.25, 0.3) is 0 Å². The van der Waals surface area contributed by atoms with Gasteiger partial charge in [0.1, 0.15) is 0 Å². The summed E-state index contributed by atoms with van der Waals surface area (Å²) in [6.07, 6.45) is 4.20. The molecular weight excluding hydrogens is 259 g/mol. The van der Waals surface area contributed by atoms with Crippen LogP contribution in [0.15, 0.2) is 11.0 Å². The fourth-order valence-electron chi connectivity index (χ4n) is 2.40. The molecule has 0 saturated carbocycles. The lowest BCUT2D eigenvalue weighted by Gasteiger charge is -2.31. The number of esters is 1. The standard InChI is InChI=1S/C12H15BN4O3/c1-16-6-9(13)15-10(11(16)18)17-4-2-8(3-5-17)12(19)20-7-14/h6,8H,2-5,13H2,1H3. The molecule has 0 radical (unpaired) electrons. The van der Waals surface area contributed by atoms with Crippen molar-refractivity contribution in [2.75, 3.05) is 18.0 Å². The Hall–Kier alpha value is -2.30. The van der Waals surface area contributed by atoms with Gasteiger partial charge in [-0.3, -0.25) is 9.59 Å². The second-order valence-corrected chi connectivity index (χ2v) is 4.90. The highest BCUT2D eigenvalue weighted by Crippen LogP contribution is 2.20. The number of piperidine rings is 1. The summed E-state index contributed by atoms with van der Waals surface area (Å²) in [5.41, 5.74) is 0.627. The third kappa shape index (κ3) is 2.82. The number of aromatic nitrogens is 2. The second-order valence-electron chi connectivity index (χ2n) is 4.90. The van der Waals surface area contributed by atoms with Gasteiger partial charge in [-0.05, 0) is 12.8 Å². The molecule has 2 heterocycles. The van der Waals surface area contributed by atoms with E-state index in [0.717, 1.165) is 5.59 Å². The van der Waals surface area contributed by atoms with Gasteiger partial charge in [-0.25, -0.2) is 4.98 Å². The molecule has 1 aromatic heterocycles. The number of nitriles is 1. The summed E-state index contributed by atoms with van der Waals surface area (Å²) in [5, 5.41) is 8.34. The number of nitrogens with zero attached hydrogens (tertiary/aromatic N) is 4. The van der Waals surface area contributed by atoms with Gasteiger partial charge in [0, 0.05) is 31.9 Å². The first-order valence-electron chi connectivity index (χ1n) is 6.42. The summed E-state index contributed by atoms with van der Waals surface area (Å²) in [7, 11) is 3.53. The minimum absolute atomic E-state index is 0.145. The first kappa shape index (κ1) is 14.1. The summed E-state index contributed by atoms with van der Waals surface area (Å²) < 4.78 is 5.86. The van der Waals surface area contributed by atoms with Gasteiger partial charge in [0.15, 0.2) is 13.7 Å². The van der Waals surface area contributed by atoms with Crippen LogP contribution in [0, 0.1) is 17.4 Å². The number of ether oxygens (including phenoxy) is 1. The fourth-order valence-corrected chi connectivity index (χ4v) is 2.40. The zero-order chi connectivity index (χ0) is 14.7. The van der Waals surface area contributed by atoms with E-state index < -0.39 is 5.97 Å². The highest BCUT2D eigenvalue weighted by atomic mass is 16.5. The molecule has 0 aliphatic carbocycles. The zero-order valence-electron chi connectivity index (χ0n) is 11.5. The lowest BCUT2D eigenvalue weighted by Crippen LogP contribution is -2.42. The van der Waals surface area contributed by atoms with E-state index in [2.05, 4.69) is 9.72 Å². The molecule has 0 unspecified atom stereocenters. The van der Waals surface area contributed by atoms with Crippen molar-refractivity contribution in [3.63, 3.8) is 0 Å². The van der Waals surface area contributed by atoms with E-state index in [-0.39, 0.29) is 11.5 Å². The highest BCUT2D eigenvalue weighted by Gasteiger charge is 2.28. The fraction of sp³-hybridized carbons (Fsp3) is 0.500. The van der Waals surface area contributed by atoms with Gasteiger partial charge in [-0.1, -0.05) is 0 Å². The molecule has 0 spiro atoms. The van der Waals surface area contributed by atoms with Crippen molar-refractivity contribution in [3.8, 4) is 6.26 Å². The molecular formula is C12H15BN4O3. The van der Waals surface area contributed by atoms with Crippen LogP contribution in [-0.4, -0.2) is 36.5 Å². The molecule has 104 valence electrons. The number of aryl methyl sites for hydroxylation is 1. The molecule has 20 heavy (non-hydrogen) atoms. The largest absolute Gasteiger partial charge is 0.352 e. The molecule has 8 heteroatoms. The molecule has 1 aliphatic rings. The van der Waals surface area contributed by atoms with Gasteiger partial charge in [0.2, 0.25) is 0 Å². The molecule has 7 nitrogen and oxygen atoms in total. The van der Waals surface area contributed by atoms with Crippen LogP contribution < -0.4 is 16.1 Å². The number of hydrogen-bond acceptors (Lipinski definition) is 6. The van der Waals surface area contributed by atoms with E-state index in [1.807, 2.05) is 12.7 Å². The smallest absolute Gasteiger partial charge is 0.324 e. The SMILES string of the molecule is Bc1cn(C)c(=O)c(N2CCC(C(=O)OC#N)CC2)n1. The van der Waals surface area contributed by atoms with Crippen LogP contribution in [0.4, 0.5) is 5.82 Å². The molecule has 2 rings (SSSR count). The normalized spacial score (nSPS) is 15.7. The summed E-state index contributed by atoms with van der Waals surface area (Å²) in [6, 6.07) is 0. The maximum atomic E-state index is 12.1. The van der Waals surface area contributed by atoms with Crippen molar-refractivity contribution in [2.45, 2.75) is 12.8 Å². The van der Waals surface area contributed by atoms with Gasteiger partial charge in [0.25, 0.3) is 11.8 Å². The van der Waals surface area contributed by atoms with Crippen LogP contribution in [-0.2, 0) is 16.6 Å². The Bertz CT molecular complexity index is 614. The highest BCUT2D eigenvalue weighted by molar-refractivity contribution is 6.30. The van der Waals surface area contributed by atoms with E-state index in [1.54, 1.807) is 13.2 Å². The minimum atomic E-state index is -0.489. The summed E-state index contributed by atoms with van der Waals surface area (Å²) >= 11 is 0. The first-order valence-corrected chi connectivity index (χ1v) is 6.42. The number of rotatable bonds is 2. The van der Waals surface area contributed by atoms with E-state index in [0.29, 0.717) is 31.7 Å². The molecule has 1 saturated heterocycles. The summed E-state index contributed by atoms with van der Waals surface area (Å²) in [4.78, 5) is 29.7. The van der Waals surface area contributed by atoms with Crippen LogP contribution in [0.3, 0.4) is 0 Å². The van der Waals surface area contributed by atoms with Gasteiger partial charge in [-0.15, -0.1) is 5.26 Å². The Morgan fingerprint density at radius 3 is 2.80 bits per heavy atom. The quantitative estimate of drug-likeness (QED) is 0.362. The third-order valence-corrected chi connectivity index (χ3v) is 3.45. The Morgan fingerprint density at radius 1 is 1.55 bits per heavy atom. The molecule has 0 bridgehead atoms. The van der Waals surface area contributed by atoms with Crippen molar-refractivity contribution in [3.05, 3.63) is 16.6 Å². The van der Waals surface area contributed by atoms with Gasteiger partial charge in [-0.2, -0.15) is 0 Å². The van der Waals surface area contributed by atoms with Gasteiger partial charge < -0.3 is 14.2 Å². The number of hydrogen-bond donors (Lipinski definition) is 0. The van der Waals surface area contributed by atoms with Crippen molar-refractivity contribution in [2.24, 2.45) is 13.0 Å². The monoisotopic (exact) mass is 274 g/mol. The van der Waals surface area contributed by atoms with Crippen molar-refractivity contribution in [1.82, 2.24) is 9.55 Å². The Balaban J connectivity index is 2.10. The molecule has 0 amide bonds. The first-order chi connectivity index (χ1) is 9.52. The molecule has 0 atom stereocenters. The predicted molar refractivity (Wildman–Crippen MR) is 74.3 cm³/mol. The van der Waals surface area contributed by atoms with E-state index in [9.17, 15) is 9.59 Å². The summed E-state index contributed by atoms with van der Waals surface area (Å²) in [5.74, 6) is -0.351. The van der Waals surface area contributed by atoms with Gasteiger partial charge >= 0.3 is 5.97 Å². The van der Waals surface area contributed by atoms with Gasteiger partial charge in [0.05, 0.1) is 5.92 Å². The Morgan fingerprint density at radius 2 is 2.20 bits per heavy atom. The molecule has 1 aliphatic heterocycles. The van der Waals surface area contributed by atoms with Crippen molar-refractivity contribution >= 4 is 25.2 Å².